The minimum absolute atomic E-state index is 0.135. The molecule has 16 aromatic carbocycles. The van der Waals surface area contributed by atoms with E-state index in [1.165, 1.54) is 104 Å². The number of halogens is 1. The third-order valence-corrected chi connectivity index (χ3v) is 22.8. The van der Waals surface area contributed by atoms with Gasteiger partial charge in [0.1, 0.15) is 28.6 Å². The standard InChI is InChI=1S/C33H37NO3.C29H29NO3.C28H29NO.C18H15BrO.C10H15N/c1-23(2)19-26-12-7-9-16-30(26)34-28-17-18-31(36-22-32(35)37-33(3,4)5)27(21-28)20-25-14-10-13-24-11-6-8-15-29(24)25;1-20(2)16-23-9-4-6-13-27(23)30-25-14-15-28(33-19-29(31)32)24(18-25)17-22-11-7-10-21-8-3-5-12-26(21)22;1-20(2)17-23-10-5-7-14-27(23)29-25-15-16-28(30-3)24(19-25)18-22-12-8-11-21-9-4-6-13-26(21)22;1-20-18-10-9-16(19)12-15(18)11-14-7-4-6-13-5-2-3-8-17(13)14;1-8(2)7-9-5-3-4-6-10(9)11/h6-18,21,23,34H,19-20,22H2,1-5H3;3-15,18,20,30H,16-17,19H2,1-2H3,(H,31,32);4-16,19-20,29H,17-18H2,1-3H3;2-10,12H,11H2,1H3;3-6,8H,7,11H2,1-2H3. The first kappa shape index (κ1) is 96.5. The van der Waals surface area contributed by atoms with Gasteiger partial charge in [0.15, 0.2) is 13.2 Å². The number of hydrogen-bond acceptors (Lipinski definition) is 11. The van der Waals surface area contributed by atoms with Crippen LogP contribution in [0.25, 0.3) is 43.1 Å². The van der Waals surface area contributed by atoms with E-state index in [9.17, 15) is 9.59 Å². The molecule has 6 N–H and O–H groups in total. The van der Waals surface area contributed by atoms with E-state index in [0.717, 1.165) is 99.7 Å². The minimum Gasteiger partial charge on any atom is -0.496 e. The van der Waals surface area contributed by atoms with Gasteiger partial charge in [-0.05, 0) is 260 Å². The first-order valence-corrected chi connectivity index (χ1v) is 46.3. The van der Waals surface area contributed by atoms with Crippen LogP contribution in [0.2, 0.25) is 0 Å². The van der Waals surface area contributed by atoms with Gasteiger partial charge in [-0.1, -0.05) is 314 Å². The van der Waals surface area contributed by atoms with E-state index in [4.69, 9.17) is 34.5 Å². The molecule has 0 saturated carbocycles. The van der Waals surface area contributed by atoms with E-state index in [2.05, 4.69) is 354 Å². The first-order chi connectivity index (χ1) is 63.3. The molecule has 0 aliphatic rings. The molecule has 131 heavy (non-hydrogen) atoms. The molecule has 0 heterocycles. The van der Waals surface area contributed by atoms with Crippen LogP contribution < -0.4 is 40.6 Å². The van der Waals surface area contributed by atoms with Crippen molar-refractivity contribution in [2.75, 3.05) is 49.1 Å². The number of carboxylic acids is 1. The fraction of sp³-hybridized carbons (Fsp3) is 0.237. The van der Waals surface area contributed by atoms with Crippen molar-refractivity contribution in [1.29, 1.82) is 0 Å². The Morgan fingerprint density at radius 2 is 0.595 bits per heavy atom. The maximum Gasteiger partial charge on any atom is 0.344 e. The number of carbonyl (C=O) groups excluding carboxylic acids is 1. The summed E-state index contributed by atoms with van der Waals surface area (Å²) in [5.74, 6) is 4.17. The average Bonchev–Trinajstić information content (AvgIpc) is 0.814. The molecule has 0 aromatic heterocycles. The average molecular weight is 1810 g/mol. The molecule has 16 rings (SSSR count). The van der Waals surface area contributed by atoms with Gasteiger partial charge in [-0.2, -0.15) is 0 Å². The van der Waals surface area contributed by atoms with Crippen molar-refractivity contribution in [2.24, 2.45) is 23.7 Å². The molecule has 672 valence electrons. The Morgan fingerprint density at radius 3 is 0.931 bits per heavy atom. The number of nitrogens with one attached hydrogen (secondary N) is 3. The van der Waals surface area contributed by atoms with Crippen LogP contribution in [0, 0.1) is 23.7 Å². The van der Waals surface area contributed by atoms with Crippen molar-refractivity contribution >= 4 is 111 Å². The Hall–Kier alpha value is -13.6. The van der Waals surface area contributed by atoms with Gasteiger partial charge in [0.2, 0.25) is 0 Å². The lowest BCUT2D eigenvalue weighted by Crippen LogP contribution is -2.27. The predicted octanol–water partition coefficient (Wildman–Crippen LogP) is 30.0. The summed E-state index contributed by atoms with van der Waals surface area (Å²) >= 11 is 3.53. The summed E-state index contributed by atoms with van der Waals surface area (Å²) in [7, 11) is 3.46. The molecule has 0 aliphatic heterocycles. The number of hydrogen-bond donors (Lipinski definition) is 5. The highest BCUT2D eigenvalue weighted by Crippen LogP contribution is 2.37. The Morgan fingerprint density at radius 1 is 0.321 bits per heavy atom. The Balaban J connectivity index is 0.000000154. The number of methoxy groups -OCH3 is 2. The predicted molar refractivity (Wildman–Crippen MR) is 552 cm³/mol. The monoisotopic (exact) mass is 1800 g/mol. The van der Waals surface area contributed by atoms with Crippen LogP contribution in [0.15, 0.2) is 344 Å². The number of carbonyl (C=O) groups is 2. The number of nitrogen functional groups attached to an aromatic ring is 1. The number of para-hydroxylation sites is 4. The molecular formula is C118H125BrN4O8. The lowest BCUT2D eigenvalue weighted by atomic mass is 9.97. The molecule has 0 aliphatic carbocycles. The third kappa shape index (κ3) is 28.9. The molecule has 0 unspecified atom stereocenters. The van der Waals surface area contributed by atoms with Crippen LogP contribution in [0.3, 0.4) is 0 Å². The van der Waals surface area contributed by atoms with Crippen LogP contribution in [0.1, 0.15) is 143 Å². The van der Waals surface area contributed by atoms with Crippen molar-refractivity contribution in [1.82, 2.24) is 0 Å². The second-order valence-corrected chi connectivity index (χ2v) is 36.8. The topological polar surface area (TPSA) is 163 Å². The quantitative estimate of drug-likeness (QED) is 0.0214. The Kier molecular flexibility index (Phi) is 35.1. The van der Waals surface area contributed by atoms with Crippen molar-refractivity contribution in [3.8, 4) is 23.0 Å². The molecule has 13 heteroatoms. The normalized spacial score (nSPS) is 11.1. The first-order valence-electron chi connectivity index (χ1n) is 45.5. The second-order valence-electron chi connectivity index (χ2n) is 35.9. The highest BCUT2D eigenvalue weighted by atomic mass is 79.9. The zero-order valence-electron chi connectivity index (χ0n) is 78.0. The number of aliphatic carboxylic acids is 1. The van der Waals surface area contributed by atoms with Gasteiger partial charge < -0.3 is 50.5 Å². The van der Waals surface area contributed by atoms with E-state index in [0.29, 0.717) is 48.0 Å². The fourth-order valence-corrected chi connectivity index (χ4v) is 16.8. The summed E-state index contributed by atoms with van der Waals surface area (Å²) in [6.07, 6.45) is 7.13. The van der Waals surface area contributed by atoms with E-state index < -0.39 is 11.6 Å². The number of carboxylic acid groups (broad SMARTS) is 1. The molecule has 0 amide bonds. The maximum atomic E-state index is 12.4. The number of fused-ring (bicyclic) bond motifs is 4. The van der Waals surface area contributed by atoms with Crippen molar-refractivity contribution in [2.45, 2.75) is 133 Å². The zero-order valence-corrected chi connectivity index (χ0v) is 79.6. The number of esters is 1. The lowest BCUT2D eigenvalue weighted by molar-refractivity contribution is -0.157. The molecular weight excluding hydrogens is 1680 g/mol. The van der Waals surface area contributed by atoms with Crippen LogP contribution in [0.5, 0.6) is 23.0 Å². The molecule has 0 fully saturated rings. The molecule has 0 spiro atoms. The van der Waals surface area contributed by atoms with Gasteiger partial charge in [0, 0.05) is 86.7 Å². The summed E-state index contributed by atoms with van der Waals surface area (Å²) in [5.41, 5.74) is 27.0. The summed E-state index contributed by atoms with van der Waals surface area (Å²) in [5, 5.41) is 29.8. The fourth-order valence-electron chi connectivity index (χ4n) is 16.4. The Labute approximate surface area is 783 Å². The number of rotatable bonds is 30. The van der Waals surface area contributed by atoms with E-state index in [-0.39, 0.29) is 19.2 Å². The van der Waals surface area contributed by atoms with Crippen molar-refractivity contribution in [3.63, 3.8) is 0 Å². The number of nitrogens with two attached hydrogens (primary N) is 1. The summed E-state index contributed by atoms with van der Waals surface area (Å²) in [4.78, 5) is 23.5. The van der Waals surface area contributed by atoms with Gasteiger partial charge >= 0.3 is 11.9 Å². The SMILES string of the molecule is CC(C)Cc1ccccc1N.CC(C)Cc1ccccc1Nc1ccc(OCC(=O)O)c(Cc2cccc3ccccc23)c1.CC(C)Cc1ccccc1Nc1ccc(OCC(=O)OC(C)(C)C)c(Cc2cccc3ccccc23)c1.COc1ccc(Br)cc1Cc1cccc2ccccc12.COc1ccc(Nc2ccccc2CC(C)C)cc1Cc1cccc2ccccc12. The summed E-state index contributed by atoms with van der Waals surface area (Å²) in [6, 6.07) is 117. The van der Waals surface area contributed by atoms with Gasteiger partial charge in [-0.3, -0.25) is 0 Å². The zero-order chi connectivity index (χ0) is 92.8. The third-order valence-electron chi connectivity index (χ3n) is 22.3. The summed E-state index contributed by atoms with van der Waals surface area (Å²) in [6.45, 7) is 22.9. The Bertz CT molecular complexity index is 6450. The second kappa shape index (κ2) is 47.6. The van der Waals surface area contributed by atoms with Crippen LogP contribution >= 0.6 is 15.9 Å². The largest absolute Gasteiger partial charge is 0.496 e. The smallest absolute Gasteiger partial charge is 0.344 e. The number of anilines is 7. The van der Waals surface area contributed by atoms with E-state index >= 15 is 0 Å². The van der Waals surface area contributed by atoms with Gasteiger partial charge in [-0.15, -0.1) is 0 Å². The van der Waals surface area contributed by atoms with Crippen LogP contribution in [0.4, 0.5) is 39.8 Å². The minimum atomic E-state index is -0.990. The van der Waals surface area contributed by atoms with Gasteiger partial charge in [0.25, 0.3) is 0 Å². The molecule has 0 atom stereocenters. The van der Waals surface area contributed by atoms with Crippen LogP contribution in [-0.4, -0.2) is 50.1 Å². The lowest BCUT2D eigenvalue weighted by Gasteiger charge is -2.20. The van der Waals surface area contributed by atoms with E-state index in [1.54, 1.807) is 14.2 Å². The van der Waals surface area contributed by atoms with Crippen LogP contribution in [-0.2, 0) is 65.7 Å². The maximum absolute atomic E-state index is 12.4. The van der Waals surface area contributed by atoms with Gasteiger partial charge in [-0.25, -0.2) is 9.59 Å². The summed E-state index contributed by atoms with van der Waals surface area (Å²) < 4.78 is 29.3. The van der Waals surface area contributed by atoms with Crippen molar-refractivity contribution in [3.05, 3.63) is 411 Å². The molecule has 0 saturated heterocycles. The molecule has 16 aromatic rings. The van der Waals surface area contributed by atoms with E-state index in [1.807, 2.05) is 93.6 Å². The number of benzene rings is 16. The molecule has 12 nitrogen and oxygen atoms in total. The number of ether oxygens (including phenoxy) is 5. The highest BCUT2D eigenvalue weighted by molar-refractivity contribution is 9.10. The highest BCUT2D eigenvalue weighted by Gasteiger charge is 2.21. The van der Waals surface area contributed by atoms with Gasteiger partial charge in [0.05, 0.1) is 14.2 Å². The molecule has 0 radical (unpaired) electrons. The van der Waals surface area contributed by atoms with Crippen molar-refractivity contribution < 1.29 is 38.4 Å². The molecule has 0 bridgehead atoms.